The van der Waals surface area contributed by atoms with Crippen molar-refractivity contribution in [3.8, 4) is 6.07 Å². The molecule has 0 aliphatic rings. The third-order valence-corrected chi connectivity index (χ3v) is 2.80. The first-order valence-electron chi connectivity index (χ1n) is 5.54. The van der Waals surface area contributed by atoms with Gasteiger partial charge in [-0.3, -0.25) is 4.79 Å². The predicted molar refractivity (Wildman–Crippen MR) is 73.1 cm³/mol. The molecule has 0 fully saturated rings. The topological polar surface area (TPSA) is 65.8 Å². The fourth-order valence-corrected chi connectivity index (χ4v) is 1.83. The van der Waals surface area contributed by atoms with Crippen LogP contribution in [0.15, 0.2) is 36.5 Å². The van der Waals surface area contributed by atoms with Gasteiger partial charge in [-0.05, 0) is 42.8 Å². The Kier molecular flexibility index (Phi) is 3.79. The quantitative estimate of drug-likeness (QED) is 0.912. The van der Waals surface area contributed by atoms with E-state index >= 15 is 0 Å². The molecule has 19 heavy (non-hydrogen) atoms. The van der Waals surface area contributed by atoms with Crippen molar-refractivity contribution in [3.05, 3.63) is 58.2 Å². The number of nitriles is 1. The zero-order valence-electron chi connectivity index (χ0n) is 10.1. The van der Waals surface area contributed by atoms with Crippen LogP contribution in [0.2, 0.25) is 5.02 Å². The third-order valence-electron chi connectivity index (χ3n) is 2.57. The first-order valence-corrected chi connectivity index (χ1v) is 5.91. The summed E-state index contributed by atoms with van der Waals surface area (Å²) in [4.78, 5) is 16.0. The zero-order valence-corrected chi connectivity index (χ0v) is 10.9. The van der Waals surface area contributed by atoms with E-state index in [1.807, 2.05) is 13.0 Å². The highest BCUT2D eigenvalue weighted by Gasteiger charge is 2.10. The summed E-state index contributed by atoms with van der Waals surface area (Å²) < 4.78 is 0. The van der Waals surface area contributed by atoms with Gasteiger partial charge in [0.2, 0.25) is 0 Å². The maximum absolute atomic E-state index is 12.0. The van der Waals surface area contributed by atoms with E-state index in [9.17, 15) is 4.79 Å². The van der Waals surface area contributed by atoms with Gasteiger partial charge in [0, 0.05) is 16.8 Å². The standard InChI is InChI=1S/C14H10ClN3O/c1-9-6-11(15)3-4-12(9)14(19)18-13-5-2-10(7-16)8-17-13/h2-6,8H,1H3,(H,17,18,19). The minimum Gasteiger partial charge on any atom is -0.307 e. The van der Waals surface area contributed by atoms with Gasteiger partial charge in [-0.25, -0.2) is 4.98 Å². The van der Waals surface area contributed by atoms with Crippen LogP contribution in [0.1, 0.15) is 21.5 Å². The summed E-state index contributed by atoms with van der Waals surface area (Å²) in [6, 6.07) is 10.2. The molecule has 0 unspecified atom stereocenters. The molecule has 2 aromatic rings. The first kappa shape index (κ1) is 13.1. The molecule has 1 N–H and O–H groups in total. The van der Waals surface area contributed by atoms with Crippen LogP contribution < -0.4 is 5.32 Å². The van der Waals surface area contributed by atoms with E-state index in [1.54, 1.807) is 30.3 Å². The SMILES string of the molecule is Cc1cc(Cl)ccc1C(=O)Nc1ccc(C#N)cn1. The molecule has 0 bridgehead atoms. The fraction of sp³-hybridized carbons (Fsp3) is 0.0714. The number of pyridine rings is 1. The Balaban J connectivity index is 2.18. The Bertz CT molecular complexity index is 659. The molecule has 4 nitrogen and oxygen atoms in total. The normalized spacial score (nSPS) is 9.74. The minimum absolute atomic E-state index is 0.258. The Morgan fingerprint density at radius 1 is 1.37 bits per heavy atom. The molecular formula is C14H10ClN3O. The lowest BCUT2D eigenvalue weighted by Crippen LogP contribution is -2.14. The number of anilines is 1. The largest absolute Gasteiger partial charge is 0.307 e. The lowest BCUT2D eigenvalue weighted by molar-refractivity contribution is 0.102. The number of carbonyl (C=O) groups excluding carboxylic acids is 1. The molecule has 1 aromatic carbocycles. The Hall–Kier alpha value is -2.38. The molecule has 1 aromatic heterocycles. The molecule has 0 atom stereocenters. The molecule has 94 valence electrons. The number of carbonyl (C=O) groups is 1. The number of amides is 1. The summed E-state index contributed by atoms with van der Waals surface area (Å²) in [5.41, 5.74) is 1.77. The second-order valence-electron chi connectivity index (χ2n) is 3.96. The number of benzene rings is 1. The van der Waals surface area contributed by atoms with Crippen molar-refractivity contribution >= 4 is 23.3 Å². The molecular weight excluding hydrogens is 262 g/mol. The van der Waals surface area contributed by atoms with Gasteiger partial charge in [-0.1, -0.05) is 11.6 Å². The summed E-state index contributed by atoms with van der Waals surface area (Å²) in [5.74, 6) is 0.143. The average molecular weight is 272 g/mol. The summed E-state index contributed by atoms with van der Waals surface area (Å²) in [7, 11) is 0. The number of hydrogen-bond donors (Lipinski definition) is 1. The molecule has 5 heteroatoms. The van der Waals surface area contributed by atoms with Crippen LogP contribution in [-0.4, -0.2) is 10.9 Å². The smallest absolute Gasteiger partial charge is 0.257 e. The third kappa shape index (κ3) is 3.09. The molecule has 0 radical (unpaired) electrons. The number of nitrogens with zero attached hydrogens (tertiary/aromatic N) is 2. The molecule has 0 aliphatic heterocycles. The summed E-state index contributed by atoms with van der Waals surface area (Å²) >= 11 is 5.84. The van der Waals surface area contributed by atoms with Crippen LogP contribution in [-0.2, 0) is 0 Å². The molecule has 0 saturated carbocycles. The van der Waals surface area contributed by atoms with Gasteiger partial charge in [0.05, 0.1) is 5.56 Å². The van der Waals surface area contributed by atoms with E-state index in [0.29, 0.717) is 22.0 Å². The number of nitrogens with one attached hydrogen (secondary N) is 1. The highest BCUT2D eigenvalue weighted by atomic mass is 35.5. The molecule has 2 rings (SSSR count). The molecule has 1 amide bonds. The van der Waals surface area contributed by atoms with E-state index in [1.165, 1.54) is 6.20 Å². The molecule has 0 saturated heterocycles. The number of halogens is 1. The second kappa shape index (κ2) is 5.51. The number of aryl methyl sites for hydroxylation is 1. The monoisotopic (exact) mass is 271 g/mol. The van der Waals surface area contributed by atoms with Crippen molar-refractivity contribution < 1.29 is 4.79 Å². The summed E-state index contributed by atoms with van der Waals surface area (Å²) in [6.45, 7) is 1.81. The average Bonchev–Trinajstić information content (AvgIpc) is 2.39. The summed E-state index contributed by atoms with van der Waals surface area (Å²) in [6.07, 6.45) is 1.41. The van der Waals surface area contributed by atoms with Gasteiger partial charge in [0.1, 0.15) is 11.9 Å². The van der Waals surface area contributed by atoms with Crippen molar-refractivity contribution in [2.45, 2.75) is 6.92 Å². The number of hydrogen-bond acceptors (Lipinski definition) is 3. The maximum atomic E-state index is 12.0. The van der Waals surface area contributed by atoms with E-state index in [0.717, 1.165) is 5.56 Å². The van der Waals surface area contributed by atoms with Crippen LogP contribution in [0.3, 0.4) is 0 Å². The highest BCUT2D eigenvalue weighted by molar-refractivity contribution is 6.30. The van der Waals surface area contributed by atoms with E-state index in [2.05, 4.69) is 10.3 Å². The van der Waals surface area contributed by atoms with Crippen LogP contribution in [0.4, 0.5) is 5.82 Å². The molecule has 0 aliphatic carbocycles. The van der Waals surface area contributed by atoms with Gasteiger partial charge in [0.25, 0.3) is 5.91 Å². The van der Waals surface area contributed by atoms with Crippen molar-refractivity contribution in [1.82, 2.24) is 4.98 Å². The highest BCUT2D eigenvalue weighted by Crippen LogP contribution is 2.16. The van der Waals surface area contributed by atoms with E-state index < -0.39 is 0 Å². The fourth-order valence-electron chi connectivity index (χ4n) is 1.60. The van der Waals surface area contributed by atoms with Gasteiger partial charge < -0.3 is 5.32 Å². The van der Waals surface area contributed by atoms with Crippen LogP contribution in [0, 0.1) is 18.3 Å². The Morgan fingerprint density at radius 2 is 2.16 bits per heavy atom. The van der Waals surface area contributed by atoms with Crippen molar-refractivity contribution in [2.75, 3.05) is 5.32 Å². The predicted octanol–water partition coefficient (Wildman–Crippen LogP) is 3.17. The lowest BCUT2D eigenvalue weighted by atomic mass is 10.1. The van der Waals surface area contributed by atoms with Crippen LogP contribution in [0.5, 0.6) is 0 Å². The van der Waals surface area contributed by atoms with Gasteiger partial charge in [-0.15, -0.1) is 0 Å². The van der Waals surface area contributed by atoms with Crippen molar-refractivity contribution in [1.29, 1.82) is 5.26 Å². The Morgan fingerprint density at radius 3 is 2.74 bits per heavy atom. The van der Waals surface area contributed by atoms with E-state index in [-0.39, 0.29) is 5.91 Å². The Labute approximate surface area is 115 Å². The second-order valence-corrected chi connectivity index (χ2v) is 4.39. The molecule has 1 heterocycles. The number of rotatable bonds is 2. The van der Waals surface area contributed by atoms with Crippen LogP contribution in [0.25, 0.3) is 0 Å². The maximum Gasteiger partial charge on any atom is 0.257 e. The number of aromatic nitrogens is 1. The lowest BCUT2D eigenvalue weighted by Gasteiger charge is -2.07. The molecule has 0 spiro atoms. The van der Waals surface area contributed by atoms with Crippen molar-refractivity contribution in [2.24, 2.45) is 0 Å². The van der Waals surface area contributed by atoms with Gasteiger partial charge >= 0.3 is 0 Å². The summed E-state index contributed by atoms with van der Waals surface area (Å²) in [5, 5.41) is 11.9. The van der Waals surface area contributed by atoms with Gasteiger partial charge in [0.15, 0.2) is 0 Å². The van der Waals surface area contributed by atoms with E-state index in [4.69, 9.17) is 16.9 Å². The van der Waals surface area contributed by atoms with Crippen LogP contribution >= 0.6 is 11.6 Å². The van der Waals surface area contributed by atoms with Gasteiger partial charge in [-0.2, -0.15) is 5.26 Å². The first-order chi connectivity index (χ1) is 9.10. The zero-order chi connectivity index (χ0) is 13.8. The minimum atomic E-state index is -0.258. The van der Waals surface area contributed by atoms with Crippen molar-refractivity contribution in [3.63, 3.8) is 0 Å².